The summed E-state index contributed by atoms with van der Waals surface area (Å²) in [5, 5.41) is 3.94. The Kier molecular flexibility index (Phi) is 2.49. The van der Waals surface area contributed by atoms with E-state index in [1.54, 1.807) is 24.5 Å². The first-order valence-electron chi connectivity index (χ1n) is 5.43. The molecule has 0 spiro atoms. The maximum atomic E-state index is 5.63. The Bertz CT molecular complexity index is 646. The number of hydrogen-bond acceptors (Lipinski definition) is 5. The number of nitrogens with two attached hydrogens (primary N) is 1. The lowest BCUT2D eigenvalue weighted by atomic mass is 10.2. The van der Waals surface area contributed by atoms with Crippen LogP contribution in [0.25, 0.3) is 22.8 Å². The standard InChI is InChI=1S/C13H10N4O/c14-11-5-3-9(4-6-11)12-16-13(18-17-12)10-2-1-7-15-8-10/h1-8H,14H2. The topological polar surface area (TPSA) is 77.8 Å². The molecule has 0 bridgehead atoms. The fourth-order valence-electron chi connectivity index (χ4n) is 1.58. The van der Waals surface area contributed by atoms with Crippen molar-refractivity contribution in [3.8, 4) is 22.8 Å². The van der Waals surface area contributed by atoms with E-state index in [-0.39, 0.29) is 0 Å². The van der Waals surface area contributed by atoms with Gasteiger partial charge < -0.3 is 10.3 Å². The quantitative estimate of drug-likeness (QED) is 0.693. The molecule has 5 nitrogen and oxygen atoms in total. The first-order valence-corrected chi connectivity index (χ1v) is 5.43. The lowest BCUT2D eigenvalue weighted by Crippen LogP contribution is -1.85. The Morgan fingerprint density at radius 1 is 1.00 bits per heavy atom. The molecule has 0 aliphatic heterocycles. The maximum absolute atomic E-state index is 5.63. The molecular weight excluding hydrogens is 228 g/mol. The Morgan fingerprint density at radius 3 is 2.56 bits per heavy atom. The summed E-state index contributed by atoms with van der Waals surface area (Å²) in [6.45, 7) is 0. The van der Waals surface area contributed by atoms with Crippen LogP contribution in [0.5, 0.6) is 0 Å². The molecule has 2 aromatic heterocycles. The van der Waals surface area contributed by atoms with Gasteiger partial charge in [-0.15, -0.1) is 0 Å². The van der Waals surface area contributed by atoms with Crippen molar-refractivity contribution in [1.82, 2.24) is 15.1 Å². The molecule has 3 rings (SSSR count). The molecule has 88 valence electrons. The van der Waals surface area contributed by atoms with Gasteiger partial charge >= 0.3 is 0 Å². The molecular formula is C13H10N4O. The molecule has 0 saturated carbocycles. The molecule has 0 aliphatic rings. The van der Waals surface area contributed by atoms with E-state index in [9.17, 15) is 0 Å². The molecule has 0 radical (unpaired) electrons. The van der Waals surface area contributed by atoms with Crippen LogP contribution in [0.2, 0.25) is 0 Å². The summed E-state index contributed by atoms with van der Waals surface area (Å²) in [6.07, 6.45) is 3.38. The lowest BCUT2D eigenvalue weighted by Gasteiger charge is -1.94. The number of anilines is 1. The average molecular weight is 238 g/mol. The summed E-state index contributed by atoms with van der Waals surface area (Å²) in [4.78, 5) is 8.33. The number of nitrogen functional groups attached to an aromatic ring is 1. The van der Waals surface area contributed by atoms with E-state index in [1.165, 1.54) is 0 Å². The molecule has 2 N–H and O–H groups in total. The zero-order chi connectivity index (χ0) is 12.4. The van der Waals surface area contributed by atoms with Gasteiger partial charge in [0.1, 0.15) is 0 Å². The van der Waals surface area contributed by atoms with Crippen LogP contribution in [0.15, 0.2) is 53.3 Å². The summed E-state index contributed by atoms with van der Waals surface area (Å²) in [6, 6.07) is 11.0. The first kappa shape index (κ1) is 10.5. The van der Waals surface area contributed by atoms with E-state index >= 15 is 0 Å². The summed E-state index contributed by atoms with van der Waals surface area (Å²) >= 11 is 0. The van der Waals surface area contributed by atoms with Crippen molar-refractivity contribution < 1.29 is 4.52 Å². The van der Waals surface area contributed by atoms with Gasteiger partial charge in [0, 0.05) is 23.6 Å². The molecule has 0 fully saturated rings. The molecule has 0 amide bonds. The smallest absolute Gasteiger partial charge is 0.259 e. The number of pyridine rings is 1. The van der Waals surface area contributed by atoms with Crippen LogP contribution in [0.4, 0.5) is 5.69 Å². The SMILES string of the molecule is Nc1ccc(-c2noc(-c3cccnc3)n2)cc1. The summed E-state index contributed by atoms with van der Waals surface area (Å²) in [5.74, 6) is 0.990. The van der Waals surface area contributed by atoms with E-state index < -0.39 is 0 Å². The van der Waals surface area contributed by atoms with E-state index in [1.807, 2.05) is 24.3 Å². The summed E-state index contributed by atoms with van der Waals surface area (Å²) < 4.78 is 5.20. The van der Waals surface area contributed by atoms with Crippen molar-refractivity contribution in [2.75, 3.05) is 5.73 Å². The van der Waals surface area contributed by atoms with Gasteiger partial charge in [0.15, 0.2) is 0 Å². The van der Waals surface area contributed by atoms with E-state index in [2.05, 4.69) is 15.1 Å². The Labute approximate surface area is 103 Å². The van der Waals surface area contributed by atoms with Gasteiger partial charge in [-0.05, 0) is 36.4 Å². The third kappa shape index (κ3) is 1.93. The van der Waals surface area contributed by atoms with Crippen molar-refractivity contribution in [3.63, 3.8) is 0 Å². The summed E-state index contributed by atoms with van der Waals surface area (Å²) in [5.41, 5.74) is 7.99. The minimum Gasteiger partial charge on any atom is -0.399 e. The van der Waals surface area contributed by atoms with Gasteiger partial charge in [0.25, 0.3) is 5.89 Å². The third-order valence-electron chi connectivity index (χ3n) is 2.50. The van der Waals surface area contributed by atoms with Crippen LogP contribution in [-0.2, 0) is 0 Å². The molecule has 1 aromatic carbocycles. The number of hydrogen-bond donors (Lipinski definition) is 1. The second kappa shape index (κ2) is 4.29. The predicted octanol–water partition coefficient (Wildman–Crippen LogP) is 2.38. The fourth-order valence-corrected chi connectivity index (χ4v) is 1.58. The fraction of sp³-hybridized carbons (Fsp3) is 0. The van der Waals surface area contributed by atoms with E-state index in [0.717, 1.165) is 11.1 Å². The zero-order valence-corrected chi connectivity index (χ0v) is 9.45. The van der Waals surface area contributed by atoms with Crippen LogP contribution in [0.3, 0.4) is 0 Å². The van der Waals surface area contributed by atoms with Crippen molar-refractivity contribution >= 4 is 5.69 Å². The highest BCUT2D eigenvalue weighted by Crippen LogP contribution is 2.21. The number of aromatic nitrogens is 3. The minimum atomic E-state index is 0.454. The Balaban J connectivity index is 1.97. The molecule has 0 unspecified atom stereocenters. The number of benzene rings is 1. The van der Waals surface area contributed by atoms with Crippen LogP contribution in [-0.4, -0.2) is 15.1 Å². The Hall–Kier alpha value is -2.69. The highest BCUT2D eigenvalue weighted by Gasteiger charge is 2.10. The predicted molar refractivity (Wildman–Crippen MR) is 67.4 cm³/mol. The maximum Gasteiger partial charge on any atom is 0.259 e. The number of nitrogens with zero attached hydrogens (tertiary/aromatic N) is 3. The largest absolute Gasteiger partial charge is 0.399 e. The normalized spacial score (nSPS) is 10.4. The molecule has 5 heteroatoms. The number of rotatable bonds is 2. The highest BCUT2D eigenvalue weighted by atomic mass is 16.5. The highest BCUT2D eigenvalue weighted by molar-refractivity contribution is 5.61. The molecule has 0 saturated heterocycles. The first-order chi connectivity index (χ1) is 8.83. The molecule has 0 aliphatic carbocycles. The van der Waals surface area contributed by atoms with Gasteiger partial charge in [0.05, 0.1) is 5.56 Å². The van der Waals surface area contributed by atoms with Crippen molar-refractivity contribution in [1.29, 1.82) is 0 Å². The van der Waals surface area contributed by atoms with E-state index in [4.69, 9.17) is 10.3 Å². The van der Waals surface area contributed by atoms with Crippen LogP contribution in [0, 0.1) is 0 Å². The van der Waals surface area contributed by atoms with Crippen molar-refractivity contribution in [2.24, 2.45) is 0 Å². The summed E-state index contributed by atoms with van der Waals surface area (Å²) in [7, 11) is 0. The van der Waals surface area contributed by atoms with Crippen LogP contribution in [0.1, 0.15) is 0 Å². The van der Waals surface area contributed by atoms with Crippen molar-refractivity contribution in [3.05, 3.63) is 48.8 Å². The monoisotopic (exact) mass is 238 g/mol. The third-order valence-corrected chi connectivity index (χ3v) is 2.50. The molecule has 2 heterocycles. The second-order valence-electron chi connectivity index (χ2n) is 3.79. The molecule has 18 heavy (non-hydrogen) atoms. The Morgan fingerprint density at radius 2 is 1.83 bits per heavy atom. The van der Waals surface area contributed by atoms with Gasteiger partial charge in [-0.25, -0.2) is 0 Å². The van der Waals surface area contributed by atoms with Crippen molar-refractivity contribution in [2.45, 2.75) is 0 Å². The molecule has 3 aromatic rings. The average Bonchev–Trinajstić information content (AvgIpc) is 2.90. The zero-order valence-electron chi connectivity index (χ0n) is 9.45. The lowest BCUT2D eigenvalue weighted by molar-refractivity contribution is 0.432. The molecule has 0 atom stereocenters. The van der Waals surface area contributed by atoms with Crippen LogP contribution < -0.4 is 5.73 Å². The second-order valence-corrected chi connectivity index (χ2v) is 3.79. The van der Waals surface area contributed by atoms with Gasteiger partial charge in [0.2, 0.25) is 5.82 Å². The van der Waals surface area contributed by atoms with Gasteiger partial charge in [-0.1, -0.05) is 5.16 Å². The van der Waals surface area contributed by atoms with E-state index in [0.29, 0.717) is 17.4 Å². The van der Waals surface area contributed by atoms with Gasteiger partial charge in [-0.3, -0.25) is 4.98 Å². The minimum absolute atomic E-state index is 0.454. The van der Waals surface area contributed by atoms with Crippen LogP contribution >= 0.6 is 0 Å². The van der Waals surface area contributed by atoms with Gasteiger partial charge in [-0.2, -0.15) is 4.98 Å².